The van der Waals surface area contributed by atoms with Gasteiger partial charge < -0.3 is 15.8 Å². The molecule has 0 saturated carbocycles. The zero-order chi connectivity index (χ0) is 18.5. The van der Waals surface area contributed by atoms with Gasteiger partial charge in [-0.25, -0.2) is 4.79 Å². The zero-order valence-corrected chi connectivity index (χ0v) is 14.4. The van der Waals surface area contributed by atoms with Crippen LogP contribution in [-0.4, -0.2) is 25.2 Å². The Morgan fingerprint density at radius 3 is 2.19 bits per heavy atom. The molecular formula is C21H20N2O3. The molecule has 0 saturated heterocycles. The summed E-state index contributed by atoms with van der Waals surface area (Å²) in [5, 5.41) is 4.72. The lowest BCUT2D eigenvalue weighted by Crippen LogP contribution is -2.48. The number of alkyl carbamates (subject to hydrolysis) is 1. The molecule has 3 N–H and O–H groups in total. The predicted octanol–water partition coefficient (Wildman–Crippen LogP) is 3.18. The minimum absolute atomic E-state index is 0.433. The molecule has 0 heterocycles. The number of carbonyl (C=O) groups is 2. The average molecular weight is 348 g/mol. The van der Waals surface area contributed by atoms with Crippen LogP contribution in [0.15, 0.2) is 72.8 Å². The van der Waals surface area contributed by atoms with Gasteiger partial charge >= 0.3 is 6.09 Å². The van der Waals surface area contributed by atoms with Crippen LogP contribution < -0.4 is 11.1 Å². The van der Waals surface area contributed by atoms with Crippen molar-refractivity contribution < 1.29 is 14.3 Å². The maximum atomic E-state index is 12.2. The van der Waals surface area contributed by atoms with E-state index in [9.17, 15) is 9.59 Å². The summed E-state index contributed by atoms with van der Waals surface area (Å²) >= 11 is 0. The summed E-state index contributed by atoms with van der Waals surface area (Å²) in [4.78, 5) is 23.9. The Hall–Kier alpha value is -3.34. The van der Waals surface area contributed by atoms with Crippen molar-refractivity contribution >= 4 is 22.8 Å². The number of hydrogen-bond donors (Lipinski definition) is 2. The number of methoxy groups -OCH3 is 1. The van der Waals surface area contributed by atoms with Crippen LogP contribution in [0.1, 0.15) is 17.0 Å². The molecule has 5 nitrogen and oxygen atoms in total. The van der Waals surface area contributed by atoms with Crippen LogP contribution in [0.4, 0.5) is 4.79 Å². The minimum Gasteiger partial charge on any atom is -0.453 e. The second-order valence-electron chi connectivity index (χ2n) is 6.01. The molecule has 3 rings (SSSR count). The van der Waals surface area contributed by atoms with E-state index in [-0.39, 0.29) is 0 Å². The van der Waals surface area contributed by atoms with Gasteiger partial charge in [-0.15, -0.1) is 0 Å². The minimum atomic E-state index is -0.939. The van der Waals surface area contributed by atoms with Gasteiger partial charge in [-0.3, -0.25) is 4.79 Å². The second-order valence-corrected chi connectivity index (χ2v) is 6.01. The van der Waals surface area contributed by atoms with Gasteiger partial charge in [0.15, 0.2) is 0 Å². The third kappa shape index (κ3) is 3.67. The van der Waals surface area contributed by atoms with Crippen LogP contribution in [-0.2, 0) is 9.53 Å². The van der Waals surface area contributed by atoms with Crippen LogP contribution in [0.2, 0.25) is 0 Å². The van der Waals surface area contributed by atoms with E-state index in [1.165, 1.54) is 7.11 Å². The van der Waals surface area contributed by atoms with Crippen LogP contribution in [0.3, 0.4) is 0 Å². The van der Waals surface area contributed by atoms with Gasteiger partial charge in [-0.1, -0.05) is 72.8 Å². The molecule has 2 amide bonds. The number of hydrogen-bond acceptors (Lipinski definition) is 3. The Labute approximate surface area is 151 Å². The van der Waals surface area contributed by atoms with Gasteiger partial charge in [0.2, 0.25) is 5.91 Å². The molecule has 0 fully saturated rings. The van der Waals surface area contributed by atoms with E-state index >= 15 is 0 Å². The predicted molar refractivity (Wildman–Crippen MR) is 101 cm³/mol. The Kier molecular flexibility index (Phi) is 5.17. The molecular weight excluding hydrogens is 328 g/mol. The smallest absolute Gasteiger partial charge is 0.407 e. The number of carbonyl (C=O) groups excluding carboxylic acids is 2. The van der Waals surface area contributed by atoms with E-state index < -0.39 is 24.0 Å². The Balaban J connectivity index is 2.12. The molecule has 1 unspecified atom stereocenters. The summed E-state index contributed by atoms with van der Waals surface area (Å²) in [6, 6.07) is 22.5. The highest BCUT2D eigenvalue weighted by Gasteiger charge is 2.31. The van der Waals surface area contributed by atoms with Crippen molar-refractivity contribution in [3.05, 3.63) is 83.9 Å². The Morgan fingerprint density at radius 2 is 1.54 bits per heavy atom. The Morgan fingerprint density at radius 1 is 0.885 bits per heavy atom. The molecule has 0 spiro atoms. The van der Waals surface area contributed by atoms with Crippen LogP contribution in [0.25, 0.3) is 10.8 Å². The highest BCUT2D eigenvalue weighted by Crippen LogP contribution is 2.30. The van der Waals surface area contributed by atoms with Gasteiger partial charge in [0, 0.05) is 5.92 Å². The number of primary amides is 1. The van der Waals surface area contributed by atoms with E-state index in [2.05, 4.69) is 10.1 Å². The van der Waals surface area contributed by atoms with E-state index in [4.69, 9.17) is 5.73 Å². The first-order valence-electron chi connectivity index (χ1n) is 8.27. The fourth-order valence-corrected chi connectivity index (χ4v) is 3.14. The lowest BCUT2D eigenvalue weighted by Gasteiger charge is -2.26. The van der Waals surface area contributed by atoms with Crippen molar-refractivity contribution in [1.29, 1.82) is 0 Å². The highest BCUT2D eigenvalue weighted by molar-refractivity contribution is 5.87. The third-order valence-corrected chi connectivity index (χ3v) is 4.39. The van der Waals surface area contributed by atoms with Crippen molar-refractivity contribution in [1.82, 2.24) is 5.32 Å². The van der Waals surface area contributed by atoms with Crippen molar-refractivity contribution in [2.75, 3.05) is 7.11 Å². The summed E-state index contributed by atoms with van der Waals surface area (Å²) in [6.07, 6.45) is -0.699. The molecule has 3 aromatic carbocycles. The van der Waals surface area contributed by atoms with Crippen molar-refractivity contribution in [2.24, 2.45) is 5.73 Å². The Bertz CT molecular complexity index is 925. The van der Waals surface area contributed by atoms with Crippen molar-refractivity contribution in [2.45, 2.75) is 12.0 Å². The molecule has 0 aliphatic rings. The normalized spacial score (nSPS) is 13.0. The summed E-state index contributed by atoms with van der Waals surface area (Å²) in [5.41, 5.74) is 7.38. The number of rotatable bonds is 5. The van der Waals surface area contributed by atoms with Gasteiger partial charge in [-0.2, -0.15) is 0 Å². The summed E-state index contributed by atoms with van der Waals surface area (Å²) in [5.74, 6) is -1.06. The second kappa shape index (κ2) is 7.70. The number of nitrogens with one attached hydrogen (secondary N) is 1. The van der Waals surface area contributed by atoms with E-state index in [1.54, 1.807) is 0 Å². The lowest BCUT2D eigenvalue weighted by atomic mass is 9.84. The first-order chi connectivity index (χ1) is 12.6. The lowest BCUT2D eigenvalue weighted by molar-refractivity contribution is -0.120. The third-order valence-electron chi connectivity index (χ3n) is 4.39. The largest absolute Gasteiger partial charge is 0.453 e. The molecule has 3 aromatic rings. The standard InChI is InChI=1S/C21H20N2O3/c1-26-21(25)23-19(20(22)24)18(15-8-3-2-4-9-15)17-12-11-14-7-5-6-10-16(14)13-17/h2-13,18-19H,1H3,(H2,22,24)(H,23,25)/t18?,19-/m0/s1. The molecule has 0 radical (unpaired) electrons. The number of benzene rings is 3. The van der Waals surface area contributed by atoms with Crippen molar-refractivity contribution in [3.8, 4) is 0 Å². The fraction of sp³-hybridized carbons (Fsp3) is 0.143. The monoisotopic (exact) mass is 348 g/mol. The average Bonchev–Trinajstić information content (AvgIpc) is 2.68. The summed E-state index contributed by atoms with van der Waals surface area (Å²) < 4.78 is 4.67. The number of ether oxygens (including phenoxy) is 1. The van der Waals surface area contributed by atoms with Gasteiger partial charge in [0.05, 0.1) is 7.11 Å². The quantitative estimate of drug-likeness (QED) is 0.743. The van der Waals surface area contributed by atoms with E-state index in [0.717, 1.165) is 21.9 Å². The summed E-state index contributed by atoms with van der Waals surface area (Å²) in [7, 11) is 1.25. The molecule has 0 bridgehead atoms. The van der Waals surface area contributed by atoms with Crippen LogP contribution in [0, 0.1) is 0 Å². The first-order valence-corrected chi connectivity index (χ1v) is 8.27. The molecule has 132 valence electrons. The van der Waals surface area contributed by atoms with Gasteiger partial charge in [-0.05, 0) is 21.9 Å². The number of fused-ring (bicyclic) bond motifs is 1. The molecule has 0 aromatic heterocycles. The highest BCUT2D eigenvalue weighted by atomic mass is 16.5. The number of nitrogens with two attached hydrogens (primary N) is 1. The summed E-state index contributed by atoms with van der Waals surface area (Å²) in [6.45, 7) is 0. The molecule has 0 aliphatic heterocycles. The molecule has 2 atom stereocenters. The maximum absolute atomic E-state index is 12.2. The van der Waals surface area contributed by atoms with E-state index in [1.807, 2.05) is 72.8 Å². The molecule has 0 aliphatic carbocycles. The van der Waals surface area contributed by atoms with Gasteiger partial charge in [0.25, 0.3) is 0 Å². The SMILES string of the molecule is COC(=O)N[C@H](C(N)=O)C(c1ccccc1)c1ccc2ccccc2c1. The number of amides is 2. The fourth-order valence-electron chi connectivity index (χ4n) is 3.14. The van der Waals surface area contributed by atoms with Crippen LogP contribution in [0.5, 0.6) is 0 Å². The van der Waals surface area contributed by atoms with Crippen molar-refractivity contribution in [3.63, 3.8) is 0 Å². The van der Waals surface area contributed by atoms with E-state index in [0.29, 0.717) is 0 Å². The van der Waals surface area contributed by atoms with Crippen LogP contribution >= 0.6 is 0 Å². The zero-order valence-electron chi connectivity index (χ0n) is 14.4. The topological polar surface area (TPSA) is 81.4 Å². The maximum Gasteiger partial charge on any atom is 0.407 e. The van der Waals surface area contributed by atoms with Gasteiger partial charge in [0.1, 0.15) is 6.04 Å². The first kappa shape index (κ1) is 17.5. The molecule has 5 heteroatoms. The molecule has 26 heavy (non-hydrogen) atoms.